The van der Waals surface area contributed by atoms with Gasteiger partial charge in [-0.1, -0.05) is 0 Å². The lowest BCUT2D eigenvalue weighted by Gasteiger charge is -2.20. The van der Waals surface area contributed by atoms with Gasteiger partial charge < -0.3 is 20.4 Å². The fourth-order valence-corrected chi connectivity index (χ4v) is 2.86. The molecule has 1 aliphatic rings. The molecule has 0 fully saturated rings. The third kappa shape index (κ3) is 2.33. The van der Waals surface area contributed by atoms with E-state index in [0.717, 1.165) is 12.1 Å². The molecule has 2 aromatic rings. The summed E-state index contributed by atoms with van der Waals surface area (Å²) in [5.74, 6) is -2.50. The molecule has 0 spiro atoms. The van der Waals surface area contributed by atoms with Gasteiger partial charge in [-0.05, 0) is 37.1 Å². The van der Waals surface area contributed by atoms with E-state index < -0.39 is 23.4 Å². The fraction of sp³-hybridized carbons (Fsp3) is 0.176. The van der Waals surface area contributed by atoms with Crippen LogP contribution in [0, 0.1) is 0 Å². The van der Waals surface area contributed by atoms with E-state index >= 15 is 0 Å². The Morgan fingerprint density at radius 3 is 2.04 bits per heavy atom. The number of aliphatic hydroxyl groups is 1. The van der Waals surface area contributed by atoms with E-state index in [-0.39, 0.29) is 40.2 Å². The van der Waals surface area contributed by atoms with E-state index in [4.69, 9.17) is 0 Å². The first-order valence-corrected chi connectivity index (χ1v) is 6.99. The zero-order valence-corrected chi connectivity index (χ0v) is 12.2. The van der Waals surface area contributed by atoms with Crippen LogP contribution >= 0.6 is 0 Å². The van der Waals surface area contributed by atoms with Gasteiger partial charge in [0.05, 0.1) is 17.2 Å². The van der Waals surface area contributed by atoms with Crippen LogP contribution in [0.3, 0.4) is 0 Å². The smallest absolute Gasteiger partial charge is 0.201 e. The van der Waals surface area contributed by atoms with Crippen LogP contribution in [0.4, 0.5) is 0 Å². The predicted octanol–water partition coefficient (Wildman–Crippen LogP) is 1.50. The second-order valence-electron chi connectivity index (χ2n) is 5.64. The molecule has 1 atom stereocenters. The average Bonchev–Trinajstić information content (AvgIpc) is 2.42. The molecular weight excluding hydrogens is 300 g/mol. The van der Waals surface area contributed by atoms with Gasteiger partial charge in [-0.15, -0.1) is 0 Å². The number of phenolic OH excluding ortho intramolecular Hbond substituents is 3. The summed E-state index contributed by atoms with van der Waals surface area (Å²) in [5, 5.41) is 39.0. The Kier molecular flexibility index (Phi) is 3.34. The topological polar surface area (TPSA) is 115 Å². The molecule has 0 saturated carbocycles. The van der Waals surface area contributed by atoms with Gasteiger partial charge in [0.15, 0.2) is 5.78 Å². The van der Waals surface area contributed by atoms with Gasteiger partial charge in [-0.3, -0.25) is 9.59 Å². The molecule has 0 amide bonds. The summed E-state index contributed by atoms with van der Waals surface area (Å²) in [7, 11) is 0. The number of fused-ring (bicyclic) bond motifs is 2. The Bertz CT molecular complexity index is 851. The van der Waals surface area contributed by atoms with E-state index in [2.05, 4.69) is 0 Å². The van der Waals surface area contributed by atoms with Gasteiger partial charge in [0.25, 0.3) is 0 Å². The van der Waals surface area contributed by atoms with Crippen LogP contribution in [0.15, 0.2) is 24.3 Å². The summed E-state index contributed by atoms with van der Waals surface area (Å²) in [6.07, 6.45) is -0.470. The highest BCUT2D eigenvalue weighted by Gasteiger charge is 2.35. The molecule has 23 heavy (non-hydrogen) atoms. The molecular formula is C17H14O6. The Labute approximate surface area is 131 Å². The molecule has 0 heterocycles. The predicted molar refractivity (Wildman–Crippen MR) is 80.1 cm³/mol. The van der Waals surface area contributed by atoms with Crippen molar-refractivity contribution in [3.8, 4) is 17.2 Å². The number of hydrogen-bond acceptors (Lipinski definition) is 6. The molecule has 0 aromatic heterocycles. The largest absolute Gasteiger partial charge is 0.508 e. The number of ketones is 2. The second kappa shape index (κ2) is 5.10. The Morgan fingerprint density at radius 1 is 0.870 bits per heavy atom. The number of phenols is 3. The molecule has 1 unspecified atom stereocenters. The van der Waals surface area contributed by atoms with Crippen molar-refractivity contribution in [1.29, 1.82) is 0 Å². The maximum absolute atomic E-state index is 12.6. The summed E-state index contributed by atoms with van der Waals surface area (Å²) >= 11 is 0. The van der Waals surface area contributed by atoms with Crippen molar-refractivity contribution in [2.75, 3.05) is 0 Å². The standard InChI is InChI=1S/C17H14O6/c1-7(18)2-8-3-10-14(12(20)4-8)17(23)15-11(16(10)22)5-9(19)6-13(15)21/h3-7,18-21H,2H2,1H3. The number of carbonyl (C=O) groups is 2. The molecule has 6 nitrogen and oxygen atoms in total. The molecule has 0 radical (unpaired) electrons. The summed E-state index contributed by atoms with van der Waals surface area (Å²) in [4.78, 5) is 25.1. The zero-order chi connectivity index (χ0) is 16.9. The van der Waals surface area contributed by atoms with Gasteiger partial charge in [-0.25, -0.2) is 0 Å². The lowest BCUT2D eigenvalue weighted by atomic mass is 9.81. The van der Waals surface area contributed by atoms with Crippen LogP contribution in [0.5, 0.6) is 17.2 Å². The summed E-state index contributed by atoms with van der Waals surface area (Å²) in [5.41, 5.74) is -0.0429. The molecule has 1 aliphatic carbocycles. The summed E-state index contributed by atoms with van der Waals surface area (Å²) in [6, 6.07) is 4.83. The van der Waals surface area contributed by atoms with E-state index in [1.165, 1.54) is 12.1 Å². The first-order valence-electron chi connectivity index (χ1n) is 6.99. The Morgan fingerprint density at radius 2 is 1.43 bits per heavy atom. The highest BCUT2D eigenvalue weighted by atomic mass is 16.3. The van der Waals surface area contributed by atoms with Crippen molar-refractivity contribution < 1.29 is 30.0 Å². The fourth-order valence-electron chi connectivity index (χ4n) is 2.86. The van der Waals surface area contributed by atoms with Crippen LogP contribution in [-0.4, -0.2) is 38.1 Å². The van der Waals surface area contributed by atoms with Crippen LogP contribution in [-0.2, 0) is 6.42 Å². The van der Waals surface area contributed by atoms with Crippen molar-refractivity contribution in [2.24, 2.45) is 0 Å². The number of carbonyl (C=O) groups excluding carboxylic acids is 2. The lowest BCUT2D eigenvalue weighted by Crippen LogP contribution is -2.22. The second-order valence-corrected chi connectivity index (χ2v) is 5.64. The van der Waals surface area contributed by atoms with Crippen molar-refractivity contribution in [3.05, 3.63) is 52.1 Å². The SMILES string of the molecule is CC(O)Cc1cc(O)c2c(c1)C(=O)c1cc(O)cc(O)c1C2=O. The Balaban J connectivity index is 2.25. The third-order valence-electron chi connectivity index (χ3n) is 3.75. The number of rotatable bonds is 2. The highest BCUT2D eigenvalue weighted by molar-refractivity contribution is 6.30. The van der Waals surface area contributed by atoms with E-state index in [9.17, 15) is 30.0 Å². The minimum absolute atomic E-state index is 0.0110. The lowest BCUT2D eigenvalue weighted by molar-refractivity contribution is 0.0973. The zero-order valence-electron chi connectivity index (χ0n) is 12.2. The third-order valence-corrected chi connectivity index (χ3v) is 3.75. The normalized spacial score (nSPS) is 14.3. The number of aromatic hydroxyl groups is 3. The first-order chi connectivity index (χ1) is 10.8. The van der Waals surface area contributed by atoms with Crippen molar-refractivity contribution >= 4 is 11.6 Å². The molecule has 0 aliphatic heterocycles. The van der Waals surface area contributed by atoms with Gasteiger partial charge in [0.2, 0.25) is 5.78 Å². The summed E-state index contributed by atoms with van der Waals surface area (Å²) < 4.78 is 0. The minimum Gasteiger partial charge on any atom is -0.508 e. The monoisotopic (exact) mass is 314 g/mol. The first kappa shape index (κ1) is 15.1. The number of benzene rings is 2. The van der Waals surface area contributed by atoms with Crippen molar-refractivity contribution in [2.45, 2.75) is 19.4 Å². The Hall–Kier alpha value is -2.86. The van der Waals surface area contributed by atoms with Gasteiger partial charge in [0.1, 0.15) is 17.2 Å². The van der Waals surface area contributed by atoms with Gasteiger partial charge in [-0.2, -0.15) is 0 Å². The highest BCUT2D eigenvalue weighted by Crippen LogP contribution is 2.39. The maximum atomic E-state index is 12.6. The quantitative estimate of drug-likeness (QED) is 0.570. The van der Waals surface area contributed by atoms with Crippen LogP contribution < -0.4 is 0 Å². The average molecular weight is 314 g/mol. The molecule has 4 N–H and O–H groups in total. The van der Waals surface area contributed by atoms with E-state index in [1.807, 2.05) is 0 Å². The molecule has 0 bridgehead atoms. The molecule has 2 aromatic carbocycles. The van der Waals surface area contributed by atoms with Crippen molar-refractivity contribution in [3.63, 3.8) is 0 Å². The van der Waals surface area contributed by atoms with Crippen LogP contribution in [0.25, 0.3) is 0 Å². The molecule has 118 valence electrons. The molecule has 3 rings (SSSR count). The van der Waals surface area contributed by atoms with Gasteiger partial charge >= 0.3 is 0 Å². The minimum atomic E-state index is -0.687. The summed E-state index contributed by atoms with van der Waals surface area (Å²) in [6.45, 7) is 1.56. The number of aliphatic hydroxyl groups excluding tert-OH is 1. The molecule has 6 heteroatoms. The van der Waals surface area contributed by atoms with Crippen LogP contribution in [0.1, 0.15) is 44.3 Å². The van der Waals surface area contributed by atoms with Crippen LogP contribution in [0.2, 0.25) is 0 Å². The van der Waals surface area contributed by atoms with Gasteiger partial charge in [0, 0.05) is 17.2 Å². The maximum Gasteiger partial charge on any atom is 0.201 e. The number of hydrogen-bond donors (Lipinski definition) is 4. The van der Waals surface area contributed by atoms with E-state index in [0.29, 0.717) is 5.56 Å². The molecule has 0 saturated heterocycles. The van der Waals surface area contributed by atoms with E-state index in [1.54, 1.807) is 6.92 Å². The van der Waals surface area contributed by atoms with Crippen molar-refractivity contribution in [1.82, 2.24) is 0 Å².